The van der Waals surface area contributed by atoms with Crippen LogP contribution < -0.4 is 10.6 Å². The maximum absolute atomic E-state index is 14.3. The van der Waals surface area contributed by atoms with Crippen LogP contribution in [0.5, 0.6) is 0 Å². The van der Waals surface area contributed by atoms with Crippen molar-refractivity contribution in [2.75, 3.05) is 36.0 Å². The minimum Gasteiger partial charge on any atom is -0.390 e. The Bertz CT molecular complexity index is 584. The van der Waals surface area contributed by atoms with Gasteiger partial charge in [-0.1, -0.05) is 11.2 Å². The third-order valence-electron chi connectivity index (χ3n) is 3.80. The Balaban J connectivity index is 1.76. The molecule has 0 spiro atoms. The lowest BCUT2D eigenvalue weighted by Crippen LogP contribution is -2.38. The third kappa shape index (κ3) is 3.08. The second-order valence-electron chi connectivity index (χ2n) is 5.21. The number of benzene rings is 1. The smallest absolute Gasteiger partial charge is 0.147 e. The van der Waals surface area contributed by atoms with Crippen molar-refractivity contribution in [3.63, 3.8) is 0 Å². The summed E-state index contributed by atoms with van der Waals surface area (Å²) >= 11 is 0. The second kappa shape index (κ2) is 6.11. The van der Waals surface area contributed by atoms with Gasteiger partial charge < -0.3 is 15.5 Å². The fraction of sp³-hybridized carbons (Fsp3) is 0.500. The lowest BCUT2D eigenvalue weighted by Gasteiger charge is -2.28. The minimum absolute atomic E-state index is 0.111. The predicted octanol–water partition coefficient (Wildman–Crippen LogP) is 0.846. The molecule has 2 heterocycles. The van der Waals surface area contributed by atoms with E-state index in [-0.39, 0.29) is 11.9 Å². The Morgan fingerprint density at radius 1 is 1.43 bits per heavy atom. The summed E-state index contributed by atoms with van der Waals surface area (Å²) in [5, 5.41) is 3.97. The summed E-state index contributed by atoms with van der Waals surface area (Å²) in [5.41, 5.74) is 7.55. The Morgan fingerprint density at radius 3 is 2.81 bits per heavy atom. The Labute approximate surface area is 125 Å². The molecule has 1 saturated heterocycles. The van der Waals surface area contributed by atoms with Crippen molar-refractivity contribution in [3.05, 3.63) is 29.6 Å². The van der Waals surface area contributed by atoms with Gasteiger partial charge in [-0.25, -0.2) is 4.39 Å². The molecule has 1 unspecified atom stereocenters. The Hall–Kier alpha value is -1.47. The normalized spacial score (nSPS) is 23.0. The quantitative estimate of drug-likeness (QED) is 0.898. The Morgan fingerprint density at radius 2 is 2.19 bits per heavy atom. The van der Waals surface area contributed by atoms with Gasteiger partial charge in [0.25, 0.3) is 0 Å². The van der Waals surface area contributed by atoms with Crippen LogP contribution in [-0.2, 0) is 15.6 Å². The summed E-state index contributed by atoms with van der Waals surface area (Å²) < 4.78 is 25.7. The van der Waals surface area contributed by atoms with Crippen LogP contribution in [0, 0.1) is 5.82 Å². The second-order valence-corrected chi connectivity index (χ2v) is 6.90. The van der Waals surface area contributed by atoms with Crippen LogP contribution in [0.4, 0.5) is 10.1 Å². The van der Waals surface area contributed by atoms with E-state index in [2.05, 4.69) is 5.16 Å². The molecule has 0 amide bonds. The molecule has 2 N–H and O–H groups in total. The molecule has 2 aliphatic heterocycles. The number of rotatable bonds is 3. The number of nitrogens with zero attached hydrogens (tertiary/aromatic N) is 2. The first-order valence-corrected chi connectivity index (χ1v) is 8.49. The molecule has 5 nitrogen and oxygen atoms in total. The molecule has 21 heavy (non-hydrogen) atoms. The van der Waals surface area contributed by atoms with Gasteiger partial charge >= 0.3 is 0 Å². The molecule has 1 fully saturated rings. The highest BCUT2D eigenvalue weighted by molar-refractivity contribution is 7.85. The zero-order valence-electron chi connectivity index (χ0n) is 11.6. The van der Waals surface area contributed by atoms with E-state index in [1.54, 1.807) is 6.07 Å². The molecule has 0 aliphatic carbocycles. The lowest BCUT2D eigenvalue weighted by molar-refractivity contribution is 0.0918. The molecule has 7 heteroatoms. The number of hydrogen-bond acceptors (Lipinski definition) is 5. The first kappa shape index (κ1) is 14.5. The highest BCUT2D eigenvalue weighted by atomic mass is 32.2. The predicted molar refractivity (Wildman–Crippen MR) is 81.6 cm³/mol. The summed E-state index contributed by atoms with van der Waals surface area (Å²) in [6.07, 6.45) is 0.498. The van der Waals surface area contributed by atoms with Gasteiger partial charge in [0.2, 0.25) is 0 Å². The van der Waals surface area contributed by atoms with Gasteiger partial charge in [-0.3, -0.25) is 4.21 Å². The van der Waals surface area contributed by atoms with Crippen molar-refractivity contribution in [2.24, 2.45) is 10.9 Å². The number of hydrogen-bond donors (Lipinski definition) is 1. The van der Waals surface area contributed by atoms with Crippen molar-refractivity contribution in [3.8, 4) is 0 Å². The number of anilines is 1. The average Bonchev–Trinajstić information content (AvgIpc) is 2.97. The van der Waals surface area contributed by atoms with Crippen molar-refractivity contribution >= 4 is 22.2 Å². The van der Waals surface area contributed by atoms with Crippen LogP contribution in [0.25, 0.3) is 0 Å². The van der Waals surface area contributed by atoms with E-state index in [9.17, 15) is 8.60 Å². The first-order valence-electron chi connectivity index (χ1n) is 7.00. The van der Waals surface area contributed by atoms with E-state index in [0.29, 0.717) is 43.2 Å². The van der Waals surface area contributed by atoms with Crippen molar-refractivity contribution in [2.45, 2.75) is 12.5 Å². The van der Waals surface area contributed by atoms with E-state index in [1.807, 2.05) is 11.0 Å². The highest BCUT2D eigenvalue weighted by Crippen LogP contribution is 2.24. The lowest BCUT2D eigenvalue weighted by atomic mass is 10.0. The van der Waals surface area contributed by atoms with Gasteiger partial charge in [0, 0.05) is 53.9 Å². The Kier molecular flexibility index (Phi) is 4.21. The molecule has 1 aromatic rings. The van der Waals surface area contributed by atoms with E-state index in [4.69, 9.17) is 10.6 Å². The molecule has 3 rings (SSSR count). The molecule has 0 radical (unpaired) electrons. The highest BCUT2D eigenvalue weighted by Gasteiger charge is 2.23. The average molecular weight is 311 g/mol. The largest absolute Gasteiger partial charge is 0.390 e. The van der Waals surface area contributed by atoms with Crippen molar-refractivity contribution < 1.29 is 13.4 Å². The molecule has 0 saturated carbocycles. The fourth-order valence-electron chi connectivity index (χ4n) is 2.55. The maximum Gasteiger partial charge on any atom is 0.147 e. The van der Waals surface area contributed by atoms with E-state index in [0.717, 1.165) is 11.3 Å². The number of nitrogens with two attached hydrogens (primary N) is 1. The molecular formula is C14H18FN3O2S. The summed E-state index contributed by atoms with van der Waals surface area (Å²) in [4.78, 5) is 7.10. The monoisotopic (exact) mass is 311 g/mol. The van der Waals surface area contributed by atoms with Gasteiger partial charge in [-0.05, 0) is 12.1 Å². The van der Waals surface area contributed by atoms with Crippen LogP contribution in [0.1, 0.15) is 12.0 Å². The van der Waals surface area contributed by atoms with E-state index >= 15 is 0 Å². The van der Waals surface area contributed by atoms with Gasteiger partial charge in [0.05, 0.1) is 11.4 Å². The van der Waals surface area contributed by atoms with Crippen LogP contribution in [0.2, 0.25) is 0 Å². The molecule has 114 valence electrons. The van der Waals surface area contributed by atoms with E-state index < -0.39 is 10.8 Å². The standard InChI is InChI=1S/C14H18FN3O2S/c15-12-7-10(13-8-11(9-16)20-17-13)1-2-14(12)18-3-5-21(19)6-4-18/h1-2,7,11H,3-6,8-9,16H2. The summed E-state index contributed by atoms with van der Waals surface area (Å²) in [6, 6.07) is 5.10. The third-order valence-corrected chi connectivity index (χ3v) is 5.07. The molecule has 0 bridgehead atoms. The zero-order chi connectivity index (χ0) is 14.8. The topological polar surface area (TPSA) is 67.9 Å². The first-order chi connectivity index (χ1) is 10.2. The maximum atomic E-state index is 14.3. The molecule has 2 aliphatic rings. The summed E-state index contributed by atoms with van der Waals surface area (Å²) in [6.45, 7) is 1.66. The fourth-order valence-corrected chi connectivity index (χ4v) is 3.60. The molecular weight excluding hydrogens is 293 g/mol. The number of halogens is 1. The molecule has 1 aromatic carbocycles. The van der Waals surface area contributed by atoms with Crippen molar-refractivity contribution in [1.29, 1.82) is 0 Å². The van der Waals surface area contributed by atoms with Gasteiger partial charge in [-0.15, -0.1) is 0 Å². The van der Waals surface area contributed by atoms with Gasteiger partial charge in [0.1, 0.15) is 11.9 Å². The van der Waals surface area contributed by atoms with Crippen LogP contribution in [0.3, 0.4) is 0 Å². The van der Waals surface area contributed by atoms with Crippen LogP contribution in [-0.4, -0.2) is 47.2 Å². The van der Waals surface area contributed by atoms with Crippen molar-refractivity contribution in [1.82, 2.24) is 0 Å². The van der Waals surface area contributed by atoms with E-state index in [1.165, 1.54) is 6.07 Å². The number of oxime groups is 1. The molecule has 0 aromatic heterocycles. The van der Waals surface area contributed by atoms with Crippen LogP contribution in [0.15, 0.2) is 23.4 Å². The minimum atomic E-state index is -0.764. The van der Waals surface area contributed by atoms with Gasteiger partial charge in [0.15, 0.2) is 0 Å². The molecule has 1 atom stereocenters. The SMILES string of the molecule is NCC1CC(c2ccc(N3CCS(=O)CC3)c(F)c2)=NO1. The summed E-state index contributed by atoms with van der Waals surface area (Å²) in [7, 11) is -0.764. The van der Waals surface area contributed by atoms with Gasteiger partial charge in [-0.2, -0.15) is 0 Å². The zero-order valence-corrected chi connectivity index (χ0v) is 12.4. The van der Waals surface area contributed by atoms with Crippen LogP contribution >= 0.6 is 0 Å². The summed E-state index contributed by atoms with van der Waals surface area (Å²) in [5.74, 6) is 0.916.